The van der Waals surface area contributed by atoms with Gasteiger partial charge in [0.2, 0.25) is 6.23 Å². The van der Waals surface area contributed by atoms with Crippen LogP contribution >= 0.6 is 0 Å². The smallest absolute Gasteiger partial charge is 0.352 e. The molecule has 1 aromatic rings. The van der Waals surface area contributed by atoms with E-state index in [1.54, 1.807) is 6.08 Å². The van der Waals surface area contributed by atoms with E-state index in [4.69, 9.17) is 15.6 Å². The summed E-state index contributed by atoms with van der Waals surface area (Å²) in [6.45, 7) is -0.329. The van der Waals surface area contributed by atoms with Crippen molar-refractivity contribution in [2.45, 2.75) is 12.3 Å². The van der Waals surface area contributed by atoms with E-state index >= 15 is 0 Å². The molecule has 0 amide bonds. The van der Waals surface area contributed by atoms with Gasteiger partial charge >= 0.3 is 5.69 Å². The molecule has 4 N–H and O–H groups in total. The van der Waals surface area contributed by atoms with Crippen molar-refractivity contribution in [3.63, 3.8) is 0 Å². The first-order valence-electron chi connectivity index (χ1n) is 5.29. The molecule has 1 aliphatic rings. The molecule has 2 atom stereocenters. The predicted octanol–water partition coefficient (Wildman–Crippen LogP) is -0.852. The second-order valence-corrected chi connectivity index (χ2v) is 3.72. The maximum Gasteiger partial charge on any atom is 0.352 e. The number of aliphatic hydroxyl groups excluding tert-OH is 2. The normalized spacial score (nSPS) is 23.1. The molecule has 7 heteroatoms. The largest absolute Gasteiger partial charge is 0.469 e. The third kappa shape index (κ3) is 2.41. The van der Waals surface area contributed by atoms with Crippen LogP contribution in [0, 0.1) is 0 Å². The molecule has 0 saturated carbocycles. The molecule has 96 valence electrons. The van der Waals surface area contributed by atoms with E-state index in [2.05, 4.69) is 4.98 Å². The number of anilines is 1. The van der Waals surface area contributed by atoms with Crippen LogP contribution in [0.2, 0.25) is 0 Å². The number of nitrogens with two attached hydrogens (primary N) is 1. The first kappa shape index (κ1) is 12.3. The van der Waals surface area contributed by atoms with Crippen molar-refractivity contribution in [3.8, 4) is 0 Å². The monoisotopic (exact) mass is 251 g/mol. The number of ether oxygens (including phenoxy) is 1. The highest BCUT2D eigenvalue weighted by Gasteiger charge is 2.24. The van der Waals surface area contributed by atoms with E-state index in [0.29, 0.717) is 0 Å². The summed E-state index contributed by atoms with van der Waals surface area (Å²) in [5.74, 6) is 0.337. The van der Waals surface area contributed by atoms with Gasteiger partial charge in [0.05, 0.1) is 0 Å². The van der Waals surface area contributed by atoms with Crippen LogP contribution in [0.25, 0.3) is 0 Å². The average Bonchev–Trinajstić information content (AvgIpc) is 2.51. The second-order valence-electron chi connectivity index (χ2n) is 3.72. The Labute approximate surface area is 102 Å². The van der Waals surface area contributed by atoms with Crippen molar-refractivity contribution < 1.29 is 14.9 Å². The van der Waals surface area contributed by atoms with Gasteiger partial charge in [-0.25, -0.2) is 4.79 Å². The number of hydrogen-bond donors (Lipinski definition) is 3. The van der Waals surface area contributed by atoms with Crippen molar-refractivity contribution in [3.05, 3.63) is 46.7 Å². The SMILES string of the molecule is Nc1ccn([C@@H]2OC(CO)=CC=C[C@H]2O)c(=O)n1. The van der Waals surface area contributed by atoms with Crippen molar-refractivity contribution >= 4 is 5.82 Å². The maximum absolute atomic E-state index is 11.7. The number of aliphatic hydroxyl groups is 2. The summed E-state index contributed by atoms with van der Waals surface area (Å²) < 4.78 is 6.47. The Bertz CT molecular complexity index is 549. The Balaban J connectivity index is 2.39. The Morgan fingerprint density at radius 1 is 1.56 bits per heavy atom. The van der Waals surface area contributed by atoms with Gasteiger partial charge in [-0.2, -0.15) is 4.98 Å². The summed E-state index contributed by atoms with van der Waals surface area (Å²) in [5, 5.41) is 18.9. The highest BCUT2D eigenvalue weighted by molar-refractivity contribution is 5.24. The fraction of sp³-hybridized carbons (Fsp3) is 0.273. The summed E-state index contributed by atoms with van der Waals surface area (Å²) in [6.07, 6.45) is 3.88. The number of allylic oxidation sites excluding steroid dienone is 2. The van der Waals surface area contributed by atoms with Gasteiger partial charge in [-0.3, -0.25) is 4.57 Å². The number of hydrogen-bond acceptors (Lipinski definition) is 6. The number of aromatic nitrogens is 2. The lowest BCUT2D eigenvalue weighted by Crippen LogP contribution is -2.34. The zero-order valence-electron chi connectivity index (χ0n) is 9.43. The fourth-order valence-corrected chi connectivity index (χ4v) is 1.57. The van der Waals surface area contributed by atoms with Crippen LogP contribution in [-0.2, 0) is 4.74 Å². The van der Waals surface area contributed by atoms with E-state index in [0.717, 1.165) is 4.57 Å². The minimum Gasteiger partial charge on any atom is -0.469 e. The predicted molar refractivity (Wildman–Crippen MR) is 63.3 cm³/mol. The van der Waals surface area contributed by atoms with Crippen LogP contribution in [-0.4, -0.2) is 32.5 Å². The summed E-state index contributed by atoms with van der Waals surface area (Å²) in [5.41, 5.74) is 4.75. The zero-order valence-corrected chi connectivity index (χ0v) is 9.43. The molecule has 0 radical (unpaired) electrons. The number of nitrogens with zero attached hydrogens (tertiary/aromatic N) is 2. The molecule has 0 aliphatic carbocycles. The van der Waals surface area contributed by atoms with Crippen LogP contribution in [0.15, 0.2) is 41.0 Å². The molecule has 0 fully saturated rings. The minimum absolute atomic E-state index is 0.0906. The molecular weight excluding hydrogens is 238 g/mol. The topological polar surface area (TPSA) is 111 Å². The Morgan fingerprint density at radius 3 is 3.00 bits per heavy atom. The summed E-state index contributed by atoms with van der Waals surface area (Å²) in [7, 11) is 0. The summed E-state index contributed by atoms with van der Waals surface area (Å²) in [4.78, 5) is 15.2. The molecule has 2 heterocycles. The lowest BCUT2D eigenvalue weighted by atomic mass is 10.3. The molecule has 1 aromatic heterocycles. The molecule has 0 saturated heterocycles. The zero-order chi connectivity index (χ0) is 13.1. The second kappa shape index (κ2) is 5.03. The van der Waals surface area contributed by atoms with Crippen LogP contribution in [0.5, 0.6) is 0 Å². The third-order valence-corrected chi connectivity index (χ3v) is 2.44. The minimum atomic E-state index is -1.03. The molecule has 2 rings (SSSR count). The summed E-state index contributed by atoms with van der Waals surface area (Å²) >= 11 is 0. The van der Waals surface area contributed by atoms with E-state index in [1.165, 1.54) is 24.4 Å². The van der Waals surface area contributed by atoms with Crippen LogP contribution in [0.3, 0.4) is 0 Å². The highest BCUT2D eigenvalue weighted by atomic mass is 16.5. The van der Waals surface area contributed by atoms with Gasteiger partial charge in [0.1, 0.15) is 24.3 Å². The first-order valence-corrected chi connectivity index (χ1v) is 5.29. The van der Waals surface area contributed by atoms with Crippen LogP contribution in [0.4, 0.5) is 5.82 Å². The molecular formula is C11H13N3O4. The van der Waals surface area contributed by atoms with Gasteiger partial charge in [-0.05, 0) is 12.1 Å². The molecule has 0 aromatic carbocycles. The Morgan fingerprint density at radius 2 is 2.33 bits per heavy atom. The Kier molecular flexibility index (Phi) is 3.45. The number of nitrogen functional groups attached to an aromatic ring is 1. The lowest BCUT2D eigenvalue weighted by Gasteiger charge is -2.23. The standard InChI is InChI=1S/C11H13N3O4/c12-9-4-5-14(11(17)13-9)10-8(16)3-1-2-7(6-15)18-10/h1-5,8,10,15-16H,6H2,(H2,12,13,17)/t8-,10-/m1/s1. The average molecular weight is 251 g/mol. The van der Waals surface area contributed by atoms with E-state index in [9.17, 15) is 9.90 Å². The quantitative estimate of drug-likeness (QED) is 0.631. The van der Waals surface area contributed by atoms with Gasteiger partial charge in [0.15, 0.2) is 0 Å². The molecule has 18 heavy (non-hydrogen) atoms. The van der Waals surface area contributed by atoms with Gasteiger partial charge in [-0.1, -0.05) is 12.2 Å². The number of rotatable bonds is 2. The van der Waals surface area contributed by atoms with Crippen molar-refractivity contribution in [2.24, 2.45) is 0 Å². The van der Waals surface area contributed by atoms with Crippen molar-refractivity contribution in [1.29, 1.82) is 0 Å². The van der Waals surface area contributed by atoms with Gasteiger partial charge < -0.3 is 20.7 Å². The van der Waals surface area contributed by atoms with Crippen LogP contribution in [0.1, 0.15) is 6.23 Å². The fourth-order valence-electron chi connectivity index (χ4n) is 1.57. The molecule has 1 aliphatic heterocycles. The van der Waals surface area contributed by atoms with Gasteiger partial charge in [0.25, 0.3) is 0 Å². The molecule has 0 spiro atoms. The van der Waals surface area contributed by atoms with E-state index in [1.807, 2.05) is 0 Å². The molecule has 0 unspecified atom stereocenters. The van der Waals surface area contributed by atoms with E-state index < -0.39 is 18.0 Å². The van der Waals surface area contributed by atoms with Crippen LogP contribution < -0.4 is 11.4 Å². The third-order valence-electron chi connectivity index (χ3n) is 2.44. The van der Waals surface area contributed by atoms with Gasteiger partial charge in [0, 0.05) is 6.20 Å². The van der Waals surface area contributed by atoms with Crippen molar-refractivity contribution in [2.75, 3.05) is 12.3 Å². The Hall–Kier alpha value is -2.12. The first-order chi connectivity index (χ1) is 8.61. The highest BCUT2D eigenvalue weighted by Crippen LogP contribution is 2.20. The van der Waals surface area contributed by atoms with E-state index in [-0.39, 0.29) is 18.2 Å². The molecule has 7 nitrogen and oxygen atoms in total. The van der Waals surface area contributed by atoms with Crippen molar-refractivity contribution in [1.82, 2.24) is 9.55 Å². The summed E-state index contributed by atoms with van der Waals surface area (Å²) in [6, 6.07) is 1.43. The lowest BCUT2D eigenvalue weighted by molar-refractivity contribution is -0.0377. The maximum atomic E-state index is 11.7. The molecule has 0 bridgehead atoms. The van der Waals surface area contributed by atoms with Gasteiger partial charge in [-0.15, -0.1) is 0 Å².